The lowest BCUT2D eigenvalue weighted by Crippen LogP contribution is -2.44. The lowest BCUT2D eigenvalue weighted by atomic mass is 9.61. The highest BCUT2D eigenvalue weighted by Crippen LogP contribution is 2.47. The van der Waals surface area contributed by atoms with Gasteiger partial charge in [-0.05, 0) is 28.7 Å². The van der Waals surface area contributed by atoms with Crippen molar-refractivity contribution in [3.8, 4) is 0 Å². The van der Waals surface area contributed by atoms with Crippen molar-refractivity contribution in [1.82, 2.24) is 0 Å². The normalized spacial score (nSPS) is 16.7. The fourth-order valence-corrected chi connectivity index (χ4v) is 2.33. The molecule has 5 heteroatoms. The van der Waals surface area contributed by atoms with Gasteiger partial charge in [-0.1, -0.05) is 41.5 Å². The van der Waals surface area contributed by atoms with Crippen LogP contribution in [0.2, 0.25) is 0 Å². The summed E-state index contributed by atoms with van der Waals surface area (Å²) in [6.07, 6.45) is 0.699. The molecule has 1 N–H and O–H groups in total. The Morgan fingerprint density at radius 2 is 1.58 bits per heavy atom. The molecule has 0 aliphatic rings. The van der Waals surface area contributed by atoms with E-state index >= 15 is 0 Å². The summed E-state index contributed by atoms with van der Waals surface area (Å²) in [5, 5.41) is 0. The van der Waals surface area contributed by atoms with E-state index in [4.69, 9.17) is 9.63 Å². The zero-order valence-electron chi connectivity index (χ0n) is 13.2. The lowest BCUT2D eigenvalue weighted by molar-refractivity contribution is -0.164. The third kappa shape index (κ3) is 6.01. The largest absolute Gasteiger partial charge is 0.509 e. The third-order valence-electron chi connectivity index (χ3n) is 3.51. The first kappa shape index (κ1) is 18.5. The van der Waals surface area contributed by atoms with Crippen molar-refractivity contribution in [2.24, 2.45) is 16.2 Å². The second-order valence-electron chi connectivity index (χ2n) is 7.53. The molecule has 112 valence electrons. The predicted molar refractivity (Wildman–Crippen MR) is 77.3 cm³/mol. The number of hydrogen-bond donors (Lipinski definition) is 1. The maximum Gasteiger partial charge on any atom is 0.509 e. The SMILES string of the molecule is CC(C)(C)CC(C)(C(=O)OCC[P+](=O)O)C(C)(C)C. The number of carbonyl (C=O) groups excluding carboxylic acids is 1. The van der Waals surface area contributed by atoms with E-state index in [1.807, 2.05) is 27.7 Å². The molecular formula is C14H28O4P+. The molecule has 0 heterocycles. The van der Waals surface area contributed by atoms with E-state index in [-0.39, 0.29) is 29.6 Å². The average molecular weight is 291 g/mol. The smallest absolute Gasteiger partial charge is 0.461 e. The molecule has 0 aromatic carbocycles. The molecule has 0 aromatic heterocycles. The maximum absolute atomic E-state index is 12.4. The maximum atomic E-state index is 12.4. The van der Waals surface area contributed by atoms with Gasteiger partial charge in [0.05, 0.1) is 5.41 Å². The van der Waals surface area contributed by atoms with Crippen molar-refractivity contribution < 1.29 is 19.0 Å². The zero-order valence-corrected chi connectivity index (χ0v) is 14.1. The van der Waals surface area contributed by atoms with Crippen molar-refractivity contribution in [2.45, 2.75) is 54.9 Å². The summed E-state index contributed by atoms with van der Waals surface area (Å²) >= 11 is 0. The van der Waals surface area contributed by atoms with Crippen LogP contribution in [0.5, 0.6) is 0 Å². The third-order valence-corrected chi connectivity index (χ3v) is 4.07. The number of carbonyl (C=O) groups is 1. The van der Waals surface area contributed by atoms with Gasteiger partial charge in [-0.3, -0.25) is 4.79 Å². The van der Waals surface area contributed by atoms with Crippen LogP contribution in [-0.4, -0.2) is 23.6 Å². The zero-order chi connectivity index (χ0) is 15.5. The first-order valence-electron chi connectivity index (χ1n) is 6.60. The van der Waals surface area contributed by atoms with Gasteiger partial charge in [-0.15, -0.1) is 0 Å². The standard InChI is InChI=1S/C14H27O4P/c1-12(2,3)10-14(7,13(4,5)6)11(15)18-8-9-19(16)17/h8-10H2,1-7H3/p+1. The minimum atomic E-state index is -2.25. The van der Waals surface area contributed by atoms with E-state index in [0.29, 0.717) is 6.42 Å². The molecule has 0 radical (unpaired) electrons. The highest BCUT2D eigenvalue weighted by Gasteiger charge is 2.47. The molecule has 0 rings (SSSR count). The molecule has 0 spiro atoms. The van der Waals surface area contributed by atoms with E-state index in [2.05, 4.69) is 20.8 Å². The topological polar surface area (TPSA) is 63.6 Å². The molecule has 19 heavy (non-hydrogen) atoms. The van der Waals surface area contributed by atoms with Crippen molar-refractivity contribution in [3.05, 3.63) is 0 Å². The molecule has 0 aliphatic carbocycles. The van der Waals surface area contributed by atoms with Gasteiger partial charge in [0.1, 0.15) is 6.61 Å². The fraction of sp³-hybridized carbons (Fsp3) is 0.929. The lowest BCUT2D eigenvalue weighted by Gasteiger charge is -2.43. The van der Waals surface area contributed by atoms with Crippen LogP contribution in [0.25, 0.3) is 0 Å². The minimum Gasteiger partial charge on any atom is -0.461 e. The van der Waals surface area contributed by atoms with Crippen molar-refractivity contribution in [3.63, 3.8) is 0 Å². The Labute approximate surface area is 117 Å². The average Bonchev–Trinajstić information content (AvgIpc) is 2.12. The second kappa shape index (κ2) is 6.32. The minimum absolute atomic E-state index is 0.000347. The van der Waals surface area contributed by atoms with Crippen LogP contribution >= 0.6 is 8.03 Å². The van der Waals surface area contributed by atoms with Gasteiger partial charge in [0, 0.05) is 0 Å². The highest BCUT2D eigenvalue weighted by atomic mass is 31.1. The molecule has 0 aromatic rings. The van der Waals surface area contributed by atoms with E-state index in [1.165, 1.54) is 0 Å². The van der Waals surface area contributed by atoms with Crippen LogP contribution in [0.3, 0.4) is 0 Å². The number of ether oxygens (including phenoxy) is 1. The summed E-state index contributed by atoms with van der Waals surface area (Å²) in [4.78, 5) is 21.1. The monoisotopic (exact) mass is 291 g/mol. The number of esters is 1. The second-order valence-corrected chi connectivity index (χ2v) is 8.68. The van der Waals surface area contributed by atoms with Gasteiger partial charge >= 0.3 is 14.0 Å². The van der Waals surface area contributed by atoms with Crippen molar-refractivity contribution in [1.29, 1.82) is 0 Å². The summed E-state index contributed by atoms with van der Waals surface area (Å²) in [6, 6.07) is 0. The fourth-order valence-electron chi connectivity index (χ4n) is 2.08. The molecule has 0 saturated carbocycles. The van der Waals surface area contributed by atoms with E-state index < -0.39 is 13.4 Å². The molecule has 0 aliphatic heterocycles. The van der Waals surface area contributed by atoms with Crippen LogP contribution in [-0.2, 0) is 14.1 Å². The van der Waals surface area contributed by atoms with Crippen LogP contribution in [0, 0.1) is 16.2 Å². The summed E-state index contributed by atoms with van der Waals surface area (Å²) < 4.78 is 15.8. The molecule has 2 atom stereocenters. The first-order valence-corrected chi connectivity index (χ1v) is 8.00. The summed E-state index contributed by atoms with van der Waals surface area (Å²) in [5.74, 6) is -0.285. The molecule has 4 nitrogen and oxygen atoms in total. The van der Waals surface area contributed by atoms with Gasteiger partial charge in [-0.2, -0.15) is 4.89 Å². The predicted octanol–water partition coefficient (Wildman–Crippen LogP) is 3.75. The van der Waals surface area contributed by atoms with Crippen LogP contribution in [0.4, 0.5) is 0 Å². The molecular weight excluding hydrogens is 263 g/mol. The Balaban J connectivity index is 4.95. The van der Waals surface area contributed by atoms with Gasteiger partial charge in [-0.25, -0.2) is 0 Å². The van der Waals surface area contributed by atoms with Crippen molar-refractivity contribution >= 4 is 14.0 Å². The highest BCUT2D eigenvalue weighted by molar-refractivity contribution is 7.38. The van der Waals surface area contributed by atoms with E-state index in [0.717, 1.165) is 0 Å². The first-order chi connectivity index (χ1) is 8.29. The Hall–Kier alpha value is -0.470. The number of hydrogen-bond acceptors (Lipinski definition) is 3. The molecule has 0 bridgehead atoms. The Morgan fingerprint density at radius 1 is 1.11 bits per heavy atom. The molecule has 0 saturated heterocycles. The summed E-state index contributed by atoms with van der Waals surface area (Å²) in [6.45, 7) is 14.3. The summed E-state index contributed by atoms with van der Waals surface area (Å²) in [5.41, 5.74) is -0.853. The van der Waals surface area contributed by atoms with Gasteiger partial charge in [0.2, 0.25) is 6.16 Å². The van der Waals surface area contributed by atoms with E-state index in [9.17, 15) is 9.36 Å². The van der Waals surface area contributed by atoms with Crippen LogP contribution in [0.15, 0.2) is 0 Å². The van der Waals surface area contributed by atoms with Gasteiger partial charge < -0.3 is 4.74 Å². The Kier molecular flexibility index (Phi) is 6.16. The Morgan fingerprint density at radius 3 is 1.89 bits per heavy atom. The van der Waals surface area contributed by atoms with E-state index in [1.54, 1.807) is 0 Å². The number of rotatable bonds is 5. The van der Waals surface area contributed by atoms with Gasteiger partial charge in [0.15, 0.2) is 0 Å². The van der Waals surface area contributed by atoms with Crippen LogP contribution < -0.4 is 0 Å². The quantitative estimate of drug-likeness (QED) is 0.619. The molecule has 0 fully saturated rings. The summed E-state index contributed by atoms with van der Waals surface area (Å²) in [7, 11) is -2.25. The molecule has 0 amide bonds. The molecule has 2 unspecified atom stereocenters. The van der Waals surface area contributed by atoms with Gasteiger partial charge in [0.25, 0.3) is 0 Å². The Bertz CT molecular complexity index is 338. The van der Waals surface area contributed by atoms with Crippen LogP contribution in [0.1, 0.15) is 54.9 Å². The van der Waals surface area contributed by atoms with Crippen molar-refractivity contribution in [2.75, 3.05) is 12.8 Å².